The predicted octanol–water partition coefficient (Wildman–Crippen LogP) is 0.971. The Morgan fingerprint density at radius 1 is 1.00 bits per heavy atom. The van der Waals surface area contributed by atoms with Gasteiger partial charge in [0.2, 0.25) is 23.1 Å². The van der Waals surface area contributed by atoms with Gasteiger partial charge >= 0.3 is 0 Å². The van der Waals surface area contributed by atoms with E-state index in [-0.39, 0.29) is 11.2 Å². The van der Waals surface area contributed by atoms with E-state index in [0.29, 0.717) is 11.9 Å². The summed E-state index contributed by atoms with van der Waals surface area (Å²) in [6, 6.07) is 0. The lowest BCUT2D eigenvalue weighted by Gasteiger charge is -2.04. The molecule has 2 aromatic heterocycles. The molecule has 24 heavy (non-hydrogen) atoms. The van der Waals surface area contributed by atoms with Gasteiger partial charge in [0.15, 0.2) is 0 Å². The molecule has 2 rings (SSSR count). The van der Waals surface area contributed by atoms with Crippen molar-refractivity contribution in [3.63, 3.8) is 0 Å². The van der Waals surface area contributed by atoms with Crippen LogP contribution in [0.3, 0.4) is 0 Å². The van der Waals surface area contributed by atoms with Crippen molar-refractivity contribution in [1.82, 2.24) is 29.9 Å². The fourth-order valence-corrected chi connectivity index (χ4v) is 1.19. The summed E-state index contributed by atoms with van der Waals surface area (Å²) in [6.07, 6.45) is 4.31. The molecule has 0 aromatic carbocycles. The largest absolute Gasteiger partial charge is 0.369 e. The highest BCUT2D eigenvalue weighted by atomic mass is 35.5. The first-order valence-corrected chi connectivity index (χ1v) is 7.73. The van der Waals surface area contributed by atoms with Crippen molar-refractivity contribution in [2.45, 2.75) is 13.8 Å². The molecule has 12 heteroatoms. The third kappa shape index (κ3) is 12.2. The van der Waals surface area contributed by atoms with Gasteiger partial charge in [-0.2, -0.15) is 15.0 Å². The fraction of sp³-hybridized carbons (Fsp3) is 0.417. The highest BCUT2D eigenvalue weighted by molar-refractivity contribution is 6.28. The minimum Gasteiger partial charge on any atom is -0.369 e. The SMILES string of the molecule is CCNc1nc(Cl)nc(NCC)n1.NC(=O)CCl.c1ncncn1. The van der Waals surface area contributed by atoms with Crippen LogP contribution in [0.5, 0.6) is 0 Å². The molecule has 0 saturated heterocycles. The molecule has 0 atom stereocenters. The van der Waals surface area contributed by atoms with Crippen molar-refractivity contribution in [2.24, 2.45) is 5.73 Å². The molecular weight excluding hydrogens is 357 g/mol. The Kier molecular flexibility index (Phi) is 12.9. The Morgan fingerprint density at radius 3 is 1.62 bits per heavy atom. The summed E-state index contributed by atoms with van der Waals surface area (Å²) in [7, 11) is 0. The minimum absolute atomic E-state index is 0.0833. The van der Waals surface area contributed by atoms with E-state index in [1.807, 2.05) is 13.8 Å². The van der Waals surface area contributed by atoms with Gasteiger partial charge in [-0.3, -0.25) is 4.79 Å². The molecule has 2 heterocycles. The van der Waals surface area contributed by atoms with E-state index >= 15 is 0 Å². The lowest BCUT2D eigenvalue weighted by molar-refractivity contribution is -0.115. The smallest absolute Gasteiger partial charge is 0.232 e. The molecule has 1 amide bonds. The lowest BCUT2D eigenvalue weighted by atomic mass is 10.7. The number of carbonyl (C=O) groups is 1. The monoisotopic (exact) mass is 375 g/mol. The molecule has 0 unspecified atom stereocenters. The number of aromatic nitrogens is 6. The molecule has 0 spiro atoms. The summed E-state index contributed by atoms with van der Waals surface area (Å²) < 4.78 is 0. The second-order valence-electron chi connectivity index (χ2n) is 3.71. The number of anilines is 2. The first-order valence-electron chi connectivity index (χ1n) is 6.81. The van der Waals surface area contributed by atoms with E-state index in [2.05, 4.69) is 46.3 Å². The van der Waals surface area contributed by atoms with Crippen LogP contribution in [0.15, 0.2) is 19.0 Å². The molecule has 4 N–H and O–H groups in total. The van der Waals surface area contributed by atoms with Crippen LogP contribution in [0.2, 0.25) is 5.28 Å². The number of nitrogens with two attached hydrogens (primary N) is 1. The van der Waals surface area contributed by atoms with Gasteiger partial charge in [-0.05, 0) is 25.4 Å². The van der Waals surface area contributed by atoms with Gasteiger partial charge in [0.1, 0.15) is 24.9 Å². The number of halogens is 2. The molecule has 0 saturated carbocycles. The summed E-state index contributed by atoms with van der Waals surface area (Å²) in [5.41, 5.74) is 4.52. The van der Waals surface area contributed by atoms with E-state index in [9.17, 15) is 4.79 Å². The van der Waals surface area contributed by atoms with Gasteiger partial charge in [-0.25, -0.2) is 15.0 Å². The van der Waals surface area contributed by atoms with Gasteiger partial charge in [-0.1, -0.05) is 0 Å². The van der Waals surface area contributed by atoms with Crippen LogP contribution in [0.1, 0.15) is 13.8 Å². The van der Waals surface area contributed by atoms with Crippen LogP contribution >= 0.6 is 23.2 Å². The zero-order valence-electron chi connectivity index (χ0n) is 13.3. The van der Waals surface area contributed by atoms with Crippen LogP contribution in [-0.4, -0.2) is 54.8 Å². The molecule has 2 aromatic rings. The van der Waals surface area contributed by atoms with Crippen molar-refractivity contribution in [3.8, 4) is 0 Å². The Morgan fingerprint density at radius 2 is 1.38 bits per heavy atom. The number of hydrogen-bond donors (Lipinski definition) is 3. The molecule has 0 fully saturated rings. The van der Waals surface area contributed by atoms with E-state index in [4.69, 9.17) is 23.2 Å². The number of nitrogens with one attached hydrogen (secondary N) is 2. The standard InChI is InChI=1S/C7H12ClN5.C3H3N3.C2H4ClNO/c1-3-9-6-11-5(8)12-7(13-6)10-4-2;1-4-2-6-3-5-1;3-1-2(4)5/h3-4H2,1-2H3,(H2,9,10,11,12,13);1-3H;1H2,(H2,4,5). The summed E-state index contributed by atoms with van der Waals surface area (Å²) >= 11 is 10.5. The molecule has 0 bridgehead atoms. The van der Waals surface area contributed by atoms with Crippen LogP contribution < -0.4 is 16.4 Å². The summed E-state index contributed by atoms with van der Waals surface area (Å²) in [6.45, 7) is 5.44. The zero-order valence-corrected chi connectivity index (χ0v) is 14.8. The van der Waals surface area contributed by atoms with Gasteiger partial charge < -0.3 is 16.4 Å². The zero-order chi connectivity index (χ0) is 18.2. The lowest BCUT2D eigenvalue weighted by Crippen LogP contribution is -2.10. The number of hydrogen-bond acceptors (Lipinski definition) is 9. The fourth-order valence-electron chi connectivity index (χ4n) is 1.03. The van der Waals surface area contributed by atoms with Crippen molar-refractivity contribution in [2.75, 3.05) is 29.6 Å². The predicted molar refractivity (Wildman–Crippen MR) is 92.9 cm³/mol. The van der Waals surface area contributed by atoms with Gasteiger partial charge in [0, 0.05) is 13.1 Å². The number of rotatable bonds is 5. The van der Waals surface area contributed by atoms with Crippen LogP contribution in [0.4, 0.5) is 11.9 Å². The molecule has 0 aliphatic rings. The summed E-state index contributed by atoms with van der Waals surface area (Å²) in [5.74, 6) is 0.434. The minimum atomic E-state index is -0.480. The highest BCUT2D eigenvalue weighted by Gasteiger charge is 2.01. The van der Waals surface area contributed by atoms with Crippen LogP contribution in [0.25, 0.3) is 0 Å². The second kappa shape index (κ2) is 14.3. The maximum Gasteiger partial charge on any atom is 0.232 e. The van der Waals surface area contributed by atoms with E-state index < -0.39 is 5.91 Å². The summed E-state index contributed by atoms with van der Waals surface area (Å²) in [4.78, 5) is 32.0. The first-order chi connectivity index (χ1) is 11.5. The number of alkyl halides is 1. The molecule has 0 radical (unpaired) electrons. The van der Waals surface area contributed by atoms with Crippen molar-refractivity contribution >= 4 is 41.0 Å². The first kappa shape index (κ1) is 21.7. The number of carbonyl (C=O) groups excluding carboxylic acids is 1. The number of amides is 1. The van der Waals surface area contributed by atoms with Crippen molar-refractivity contribution in [1.29, 1.82) is 0 Å². The number of primary amides is 1. The third-order valence-electron chi connectivity index (χ3n) is 1.81. The van der Waals surface area contributed by atoms with Gasteiger partial charge in [-0.15, -0.1) is 11.6 Å². The molecule has 132 valence electrons. The van der Waals surface area contributed by atoms with Crippen molar-refractivity contribution < 1.29 is 4.79 Å². The van der Waals surface area contributed by atoms with E-state index in [1.54, 1.807) is 0 Å². The Labute approximate surface area is 149 Å². The van der Waals surface area contributed by atoms with Crippen LogP contribution in [-0.2, 0) is 4.79 Å². The quantitative estimate of drug-likeness (QED) is 0.650. The molecule has 10 nitrogen and oxygen atoms in total. The third-order valence-corrected chi connectivity index (χ3v) is 2.24. The maximum atomic E-state index is 9.46. The van der Waals surface area contributed by atoms with Gasteiger partial charge in [0.25, 0.3) is 0 Å². The second-order valence-corrected chi connectivity index (χ2v) is 4.31. The average molecular weight is 376 g/mol. The Hall–Kier alpha value is -2.33. The Balaban J connectivity index is 0.000000397. The number of nitrogens with zero attached hydrogens (tertiary/aromatic N) is 6. The normalized spacial score (nSPS) is 8.83. The molecule has 0 aliphatic carbocycles. The topological polar surface area (TPSA) is 144 Å². The van der Waals surface area contributed by atoms with Gasteiger partial charge in [0.05, 0.1) is 0 Å². The molecular formula is C12H19Cl2N9O. The Bertz CT molecular complexity index is 523. The highest BCUT2D eigenvalue weighted by Crippen LogP contribution is 2.08. The van der Waals surface area contributed by atoms with Crippen LogP contribution in [0, 0.1) is 0 Å². The maximum absolute atomic E-state index is 9.46. The average Bonchev–Trinajstić information content (AvgIpc) is 2.57. The summed E-state index contributed by atoms with van der Waals surface area (Å²) in [5, 5.41) is 6.12. The van der Waals surface area contributed by atoms with Crippen molar-refractivity contribution in [3.05, 3.63) is 24.3 Å². The molecule has 0 aliphatic heterocycles. The van der Waals surface area contributed by atoms with E-state index in [1.165, 1.54) is 19.0 Å². The van der Waals surface area contributed by atoms with E-state index in [0.717, 1.165) is 13.1 Å².